The molecule has 2 aromatic rings. The van der Waals surface area contributed by atoms with E-state index in [0.717, 1.165) is 69.3 Å². The Bertz CT molecular complexity index is 1200. The fourth-order valence-corrected chi connectivity index (χ4v) is 9.18. The van der Waals surface area contributed by atoms with Gasteiger partial charge in [0.25, 0.3) is 0 Å². The van der Waals surface area contributed by atoms with E-state index in [0.29, 0.717) is 6.04 Å². The van der Waals surface area contributed by atoms with Gasteiger partial charge in [-0.1, -0.05) is 56.2 Å². The van der Waals surface area contributed by atoms with E-state index in [4.69, 9.17) is 9.47 Å². The Morgan fingerprint density at radius 2 is 1.85 bits per heavy atom. The van der Waals surface area contributed by atoms with Crippen LogP contribution in [0.5, 0.6) is 11.5 Å². The molecule has 1 spiro atoms. The van der Waals surface area contributed by atoms with Crippen LogP contribution in [-0.4, -0.2) is 72.0 Å². The highest BCUT2D eigenvalue weighted by molar-refractivity contribution is 5.63. The molecule has 5 nitrogen and oxygen atoms in total. The molecule has 7 rings (SSSR count). The summed E-state index contributed by atoms with van der Waals surface area (Å²) >= 11 is 0. The third-order valence-electron chi connectivity index (χ3n) is 11.3. The normalized spacial score (nSPS) is 32.1. The second kappa shape index (κ2) is 10.6. The molecule has 1 saturated heterocycles. The number of nitrogens with zero attached hydrogens (tertiary/aromatic N) is 2. The van der Waals surface area contributed by atoms with Gasteiger partial charge < -0.3 is 14.6 Å². The molecular formula is C35H48N2O3. The summed E-state index contributed by atoms with van der Waals surface area (Å²) in [6.45, 7) is 6.67. The highest BCUT2D eigenvalue weighted by Crippen LogP contribution is 2.66. The van der Waals surface area contributed by atoms with Gasteiger partial charge in [-0.25, -0.2) is 0 Å². The molecule has 2 heterocycles. The molecule has 1 N–H and O–H groups in total. The largest absolute Gasteiger partial charge is 0.493 e. The zero-order chi connectivity index (χ0) is 27.3. The quantitative estimate of drug-likeness (QED) is 0.345. The molecule has 5 heteroatoms. The van der Waals surface area contributed by atoms with E-state index >= 15 is 0 Å². The Morgan fingerprint density at radius 1 is 1.02 bits per heavy atom. The standard InChI is InChI=1S/C35H48N2O3/c1-3-36(21-10-5-4-7-11-25-12-8-6-9-13-25)28-18-19-35(38)30-23-27-16-17-29(39-2)32-31(27)34(35,33(28)40-32)20-22-37(30)24-26-14-15-26/h6,8-9,12-13,16-17,26,28,30,33,38H,3-5,7,10-11,14-15,18-24H2,1-2H3/t28-,30+,33-,34-,35+/m0/s1. The summed E-state index contributed by atoms with van der Waals surface area (Å²) < 4.78 is 12.9. The first kappa shape index (κ1) is 26.8. The Hall–Kier alpha value is -2.08. The van der Waals surface area contributed by atoms with Crippen LogP contribution in [-0.2, 0) is 18.3 Å². The summed E-state index contributed by atoms with van der Waals surface area (Å²) in [7, 11) is 1.75. The molecule has 2 bridgehead atoms. The van der Waals surface area contributed by atoms with Gasteiger partial charge in [0.15, 0.2) is 11.5 Å². The third kappa shape index (κ3) is 4.22. The van der Waals surface area contributed by atoms with Crippen molar-refractivity contribution in [2.45, 2.75) is 107 Å². The molecule has 5 aliphatic rings. The van der Waals surface area contributed by atoms with Crippen molar-refractivity contribution in [1.29, 1.82) is 0 Å². The molecule has 0 unspecified atom stereocenters. The van der Waals surface area contributed by atoms with Gasteiger partial charge >= 0.3 is 0 Å². The molecule has 216 valence electrons. The number of aliphatic hydroxyl groups is 1. The third-order valence-corrected chi connectivity index (χ3v) is 11.3. The highest BCUT2D eigenvalue weighted by atomic mass is 16.5. The zero-order valence-corrected chi connectivity index (χ0v) is 24.6. The lowest BCUT2D eigenvalue weighted by molar-refractivity contribution is -0.200. The summed E-state index contributed by atoms with van der Waals surface area (Å²) in [5.74, 6) is 2.60. The van der Waals surface area contributed by atoms with E-state index in [2.05, 4.69) is 59.2 Å². The lowest BCUT2D eigenvalue weighted by Gasteiger charge is -2.65. The topological polar surface area (TPSA) is 45.2 Å². The number of hydrogen-bond acceptors (Lipinski definition) is 5. The van der Waals surface area contributed by atoms with Crippen LogP contribution < -0.4 is 9.47 Å². The molecule has 3 aliphatic carbocycles. The van der Waals surface area contributed by atoms with E-state index in [9.17, 15) is 5.11 Å². The second-order valence-electron chi connectivity index (χ2n) is 13.4. The van der Waals surface area contributed by atoms with Crippen molar-refractivity contribution in [1.82, 2.24) is 9.80 Å². The van der Waals surface area contributed by atoms with Gasteiger partial charge in [-0.05, 0) is 101 Å². The molecule has 40 heavy (non-hydrogen) atoms. The lowest BCUT2D eigenvalue weighted by atomic mass is 9.48. The molecule has 0 amide bonds. The Morgan fingerprint density at radius 3 is 2.62 bits per heavy atom. The number of likely N-dealkylation sites (tertiary alicyclic amines) is 1. The smallest absolute Gasteiger partial charge is 0.165 e. The minimum atomic E-state index is -0.733. The molecule has 0 radical (unpaired) electrons. The van der Waals surface area contributed by atoms with Gasteiger partial charge in [-0.2, -0.15) is 0 Å². The number of unbranched alkanes of at least 4 members (excludes halogenated alkanes) is 3. The number of ether oxygens (including phenoxy) is 2. The average Bonchev–Trinajstić information content (AvgIpc) is 3.72. The number of likely N-dealkylation sites (N-methyl/N-ethyl adjacent to an activating group) is 1. The summed E-state index contributed by atoms with van der Waals surface area (Å²) in [5.41, 5.74) is 3.07. The average molecular weight is 545 g/mol. The monoisotopic (exact) mass is 544 g/mol. The number of benzene rings is 2. The van der Waals surface area contributed by atoms with Crippen LogP contribution in [0.2, 0.25) is 0 Å². The van der Waals surface area contributed by atoms with Crippen molar-refractivity contribution in [3.05, 3.63) is 59.2 Å². The Kier molecular flexibility index (Phi) is 7.13. The van der Waals surface area contributed by atoms with E-state index < -0.39 is 5.60 Å². The van der Waals surface area contributed by atoms with Crippen LogP contribution in [0.15, 0.2) is 42.5 Å². The number of methoxy groups -OCH3 is 1. The SMILES string of the molecule is CCN(CCCCCCc1ccccc1)[C@H]1CC[C@@]2(O)[C@H]3Cc4ccc(OC)c5c4[C@@]2(CCN3CC2CC2)[C@H]1O5. The number of rotatable bonds is 12. The van der Waals surface area contributed by atoms with Crippen molar-refractivity contribution >= 4 is 0 Å². The second-order valence-corrected chi connectivity index (χ2v) is 13.4. The molecule has 0 aromatic heterocycles. The number of aryl methyl sites for hydroxylation is 1. The lowest BCUT2D eigenvalue weighted by Crippen LogP contribution is -2.78. The Labute approximate surface area is 240 Å². The maximum atomic E-state index is 12.8. The fraction of sp³-hybridized carbons (Fsp3) is 0.657. The van der Waals surface area contributed by atoms with Crippen LogP contribution in [0.3, 0.4) is 0 Å². The molecular weight excluding hydrogens is 496 g/mol. The minimum absolute atomic E-state index is 0.0137. The number of hydrogen-bond donors (Lipinski definition) is 1. The molecule has 2 aliphatic heterocycles. The van der Waals surface area contributed by atoms with Crippen molar-refractivity contribution in [3.8, 4) is 11.5 Å². The van der Waals surface area contributed by atoms with E-state index in [-0.39, 0.29) is 17.6 Å². The van der Waals surface area contributed by atoms with Gasteiger partial charge in [0.05, 0.1) is 18.1 Å². The van der Waals surface area contributed by atoms with Gasteiger partial charge in [0.2, 0.25) is 0 Å². The highest BCUT2D eigenvalue weighted by Gasteiger charge is 2.73. The van der Waals surface area contributed by atoms with Crippen LogP contribution >= 0.6 is 0 Å². The van der Waals surface area contributed by atoms with Crippen molar-refractivity contribution < 1.29 is 14.6 Å². The fourth-order valence-electron chi connectivity index (χ4n) is 9.18. The summed E-state index contributed by atoms with van der Waals surface area (Å²) in [4.78, 5) is 5.35. The van der Waals surface area contributed by atoms with E-state index in [1.54, 1.807) is 7.11 Å². The molecule has 3 fully saturated rings. The molecule has 2 saturated carbocycles. The maximum absolute atomic E-state index is 12.8. The summed E-state index contributed by atoms with van der Waals surface area (Å²) in [5, 5.41) is 12.8. The van der Waals surface area contributed by atoms with Crippen molar-refractivity contribution in [2.24, 2.45) is 5.92 Å². The first-order chi connectivity index (χ1) is 19.6. The van der Waals surface area contributed by atoms with E-state index in [1.807, 2.05) is 0 Å². The predicted octanol–water partition coefficient (Wildman–Crippen LogP) is 5.75. The van der Waals surface area contributed by atoms with Crippen LogP contribution in [0.1, 0.15) is 81.4 Å². The van der Waals surface area contributed by atoms with Crippen LogP contribution in [0.25, 0.3) is 0 Å². The summed E-state index contributed by atoms with van der Waals surface area (Å²) in [6, 6.07) is 15.8. The number of piperidine rings is 1. The zero-order valence-electron chi connectivity index (χ0n) is 24.6. The van der Waals surface area contributed by atoms with Gasteiger partial charge in [0, 0.05) is 24.2 Å². The first-order valence-electron chi connectivity index (χ1n) is 16.2. The maximum Gasteiger partial charge on any atom is 0.165 e. The summed E-state index contributed by atoms with van der Waals surface area (Å²) in [6.07, 6.45) is 12.7. The molecule has 2 aromatic carbocycles. The van der Waals surface area contributed by atoms with Gasteiger partial charge in [-0.3, -0.25) is 9.80 Å². The van der Waals surface area contributed by atoms with Gasteiger partial charge in [-0.15, -0.1) is 0 Å². The van der Waals surface area contributed by atoms with Crippen molar-refractivity contribution in [2.75, 3.05) is 33.3 Å². The van der Waals surface area contributed by atoms with Crippen LogP contribution in [0, 0.1) is 5.92 Å². The van der Waals surface area contributed by atoms with Crippen LogP contribution in [0.4, 0.5) is 0 Å². The van der Waals surface area contributed by atoms with Crippen molar-refractivity contribution in [3.63, 3.8) is 0 Å². The van der Waals surface area contributed by atoms with Gasteiger partial charge in [0.1, 0.15) is 6.10 Å². The minimum Gasteiger partial charge on any atom is -0.493 e. The first-order valence-corrected chi connectivity index (χ1v) is 16.2. The Balaban J connectivity index is 1.10. The molecule has 5 atom stereocenters. The van der Waals surface area contributed by atoms with E-state index in [1.165, 1.54) is 61.6 Å². The predicted molar refractivity (Wildman–Crippen MR) is 159 cm³/mol.